The van der Waals surface area contributed by atoms with Gasteiger partial charge in [0, 0.05) is 22.3 Å². The lowest BCUT2D eigenvalue weighted by Crippen LogP contribution is -1.99. The second-order valence-electron chi connectivity index (χ2n) is 4.58. The third-order valence-electron chi connectivity index (χ3n) is 2.91. The quantitative estimate of drug-likeness (QED) is 0.761. The zero-order valence-corrected chi connectivity index (χ0v) is 12.4. The Labute approximate surface area is 124 Å². The highest BCUT2D eigenvalue weighted by Gasteiger charge is 1.99. The fourth-order valence-electron chi connectivity index (χ4n) is 2.00. The first-order valence-corrected chi connectivity index (χ1v) is 7.21. The Hall–Kier alpha value is -1.18. The number of hydrogen-bond donors (Lipinski definition) is 1. The molecule has 0 fully saturated rings. The maximum absolute atomic E-state index is 5.98. The van der Waals surface area contributed by atoms with Crippen molar-refractivity contribution in [2.75, 3.05) is 5.32 Å². The second-order valence-corrected chi connectivity index (χ2v) is 5.45. The van der Waals surface area contributed by atoms with Crippen molar-refractivity contribution < 1.29 is 0 Å². The highest BCUT2D eigenvalue weighted by atomic mass is 35.5. The van der Waals surface area contributed by atoms with Crippen LogP contribution >= 0.6 is 23.2 Å². The van der Waals surface area contributed by atoms with Gasteiger partial charge in [-0.15, -0.1) is 0 Å². The zero-order valence-electron chi connectivity index (χ0n) is 10.9. The van der Waals surface area contributed by atoms with Gasteiger partial charge in [0.25, 0.3) is 0 Å². The summed E-state index contributed by atoms with van der Waals surface area (Å²) in [5.74, 6) is 0. The van der Waals surface area contributed by atoms with Crippen LogP contribution in [0.15, 0.2) is 42.5 Å². The lowest BCUT2D eigenvalue weighted by Gasteiger charge is -2.08. The number of nitrogens with one attached hydrogen (secondary N) is 1. The zero-order chi connectivity index (χ0) is 13.7. The summed E-state index contributed by atoms with van der Waals surface area (Å²) in [6.07, 6.45) is 2.30. The number of benzene rings is 2. The average molecular weight is 294 g/mol. The number of aryl methyl sites for hydroxylation is 1. The average Bonchev–Trinajstić information content (AvgIpc) is 2.37. The topological polar surface area (TPSA) is 12.0 Å². The van der Waals surface area contributed by atoms with Gasteiger partial charge >= 0.3 is 0 Å². The Balaban J connectivity index is 1.98. The van der Waals surface area contributed by atoms with Crippen LogP contribution in [-0.4, -0.2) is 0 Å². The van der Waals surface area contributed by atoms with Crippen LogP contribution in [0.25, 0.3) is 0 Å². The van der Waals surface area contributed by atoms with Crippen LogP contribution in [0.5, 0.6) is 0 Å². The lowest BCUT2D eigenvalue weighted by atomic mass is 10.1. The van der Waals surface area contributed by atoms with E-state index in [1.165, 1.54) is 12.0 Å². The predicted molar refractivity (Wildman–Crippen MR) is 84.2 cm³/mol. The summed E-state index contributed by atoms with van der Waals surface area (Å²) in [6.45, 7) is 2.91. The maximum atomic E-state index is 5.98. The molecule has 19 heavy (non-hydrogen) atoms. The maximum Gasteiger partial charge on any atom is 0.0424 e. The van der Waals surface area contributed by atoms with E-state index >= 15 is 0 Å². The van der Waals surface area contributed by atoms with Crippen LogP contribution in [0.4, 0.5) is 5.69 Å². The highest BCUT2D eigenvalue weighted by Crippen LogP contribution is 2.20. The van der Waals surface area contributed by atoms with Gasteiger partial charge in [-0.05, 0) is 47.9 Å². The number of rotatable bonds is 5. The van der Waals surface area contributed by atoms with E-state index < -0.39 is 0 Å². The van der Waals surface area contributed by atoms with E-state index in [9.17, 15) is 0 Å². The van der Waals surface area contributed by atoms with E-state index in [-0.39, 0.29) is 0 Å². The molecule has 0 radical (unpaired) electrons. The van der Waals surface area contributed by atoms with Gasteiger partial charge in [-0.1, -0.05) is 48.7 Å². The van der Waals surface area contributed by atoms with Gasteiger partial charge in [-0.25, -0.2) is 0 Å². The van der Waals surface area contributed by atoms with E-state index in [1.54, 1.807) is 6.07 Å². The summed E-state index contributed by atoms with van der Waals surface area (Å²) in [7, 11) is 0. The SMILES string of the molecule is CCCc1ccc(NCc2cc(Cl)cc(Cl)c2)cc1. The molecule has 0 heterocycles. The third kappa shape index (κ3) is 4.45. The van der Waals surface area contributed by atoms with E-state index in [1.807, 2.05) is 12.1 Å². The number of hydrogen-bond acceptors (Lipinski definition) is 1. The first-order valence-electron chi connectivity index (χ1n) is 6.45. The van der Waals surface area contributed by atoms with Crippen molar-refractivity contribution in [2.45, 2.75) is 26.3 Å². The molecule has 0 unspecified atom stereocenters. The minimum absolute atomic E-state index is 0.669. The standard InChI is InChI=1S/C16H17Cl2N/c1-2-3-12-4-6-16(7-5-12)19-11-13-8-14(17)10-15(18)9-13/h4-10,19H,2-3,11H2,1H3. The first-order chi connectivity index (χ1) is 9.17. The van der Waals surface area contributed by atoms with Crippen molar-refractivity contribution in [2.24, 2.45) is 0 Å². The van der Waals surface area contributed by atoms with Gasteiger partial charge in [-0.2, -0.15) is 0 Å². The molecule has 3 heteroatoms. The molecule has 0 atom stereocenters. The van der Waals surface area contributed by atoms with E-state index in [0.29, 0.717) is 16.6 Å². The fraction of sp³-hybridized carbons (Fsp3) is 0.250. The molecular formula is C16H17Cl2N. The Bertz CT molecular complexity index is 515. The van der Waals surface area contributed by atoms with Crippen molar-refractivity contribution >= 4 is 28.9 Å². The Morgan fingerprint density at radius 3 is 2.11 bits per heavy atom. The van der Waals surface area contributed by atoms with Crippen molar-refractivity contribution in [3.05, 3.63) is 63.6 Å². The Kier molecular flexibility index (Phi) is 5.12. The molecule has 0 aliphatic carbocycles. The van der Waals surface area contributed by atoms with Gasteiger partial charge in [0.15, 0.2) is 0 Å². The molecule has 2 aromatic rings. The summed E-state index contributed by atoms with van der Waals surface area (Å²) >= 11 is 12.0. The first kappa shape index (κ1) is 14.2. The molecule has 0 aromatic heterocycles. The molecular weight excluding hydrogens is 277 g/mol. The smallest absolute Gasteiger partial charge is 0.0424 e. The number of anilines is 1. The molecule has 2 rings (SSSR count). The van der Waals surface area contributed by atoms with E-state index in [2.05, 4.69) is 36.5 Å². The van der Waals surface area contributed by atoms with E-state index in [0.717, 1.165) is 17.7 Å². The molecule has 0 aliphatic heterocycles. The molecule has 0 amide bonds. The van der Waals surface area contributed by atoms with Crippen molar-refractivity contribution in [3.63, 3.8) is 0 Å². The molecule has 100 valence electrons. The third-order valence-corrected chi connectivity index (χ3v) is 3.35. The van der Waals surface area contributed by atoms with Gasteiger partial charge in [0.2, 0.25) is 0 Å². The lowest BCUT2D eigenvalue weighted by molar-refractivity contribution is 0.922. The predicted octanol–water partition coefficient (Wildman–Crippen LogP) is 5.56. The molecule has 2 aromatic carbocycles. The van der Waals surface area contributed by atoms with Gasteiger partial charge in [0.1, 0.15) is 0 Å². The Morgan fingerprint density at radius 2 is 1.53 bits per heavy atom. The van der Waals surface area contributed by atoms with Crippen molar-refractivity contribution in [3.8, 4) is 0 Å². The number of halogens is 2. The minimum Gasteiger partial charge on any atom is -0.381 e. The molecule has 0 spiro atoms. The summed E-state index contributed by atoms with van der Waals surface area (Å²) < 4.78 is 0. The van der Waals surface area contributed by atoms with E-state index in [4.69, 9.17) is 23.2 Å². The molecule has 1 nitrogen and oxygen atoms in total. The summed E-state index contributed by atoms with van der Waals surface area (Å²) in [4.78, 5) is 0. The monoisotopic (exact) mass is 293 g/mol. The van der Waals surface area contributed by atoms with Gasteiger partial charge < -0.3 is 5.32 Å². The summed E-state index contributed by atoms with van der Waals surface area (Å²) in [5.41, 5.74) is 3.56. The summed E-state index contributed by atoms with van der Waals surface area (Å²) in [6, 6.07) is 14.1. The van der Waals surface area contributed by atoms with Crippen LogP contribution in [0.3, 0.4) is 0 Å². The van der Waals surface area contributed by atoms with Crippen LogP contribution in [0.1, 0.15) is 24.5 Å². The van der Waals surface area contributed by atoms with Gasteiger partial charge in [-0.3, -0.25) is 0 Å². The molecule has 1 N–H and O–H groups in total. The minimum atomic E-state index is 0.669. The van der Waals surface area contributed by atoms with Crippen LogP contribution in [0.2, 0.25) is 10.0 Å². The van der Waals surface area contributed by atoms with Crippen molar-refractivity contribution in [1.82, 2.24) is 0 Å². The Morgan fingerprint density at radius 1 is 0.895 bits per heavy atom. The molecule has 0 saturated heterocycles. The molecule has 0 bridgehead atoms. The van der Waals surface area contributed by atoms with Crippen LogP contribution < -0.4 is 5.32 Å². The van der Waals surface area contributed by atoms with Crippen LogP contribution in [-0.2, 0) is 13.0 Å². The van der Waals surface area contributed by atoms with Crippen molar-refractivity contribution in [1.29, 1.82) is 0 Å². The fourth-order valence-corrected chi connectivity index (χ4v) is 2.57. The highest BCUT2D eigenvalue weighted by molar-refractivity contribution is 6.34. The van der Waals surface area contributed by atoms with Crippen LogP contribution in [0, 0.1) is 0 Å². The summed E-state index contributed by atoms with van der Waals surface area (Å²) in [5, 5.41) is 4.71. The normalized spacial score (nSPS) is 10.5. The largest absolute Gasteiger partial charge is 0.381 e. The second kappa shape index (κ2) is 6.83. The molecule has 0 aliphatic rings. The molecule has 0 saturated carbocycles. The van der Waals surface area contributed by atoms with Gasteiger partial charge in [0.05, 0.1) is 0 Å².